The zero-order chi connectivity index (χ0) is 31.3. The van der Waals surface area contributed by atoms with E-state index in [4.69, 9.17) is 0 Å². The molecule has 0 saturated heterocycles. The van der Waals surface area contributed by atoms with E-state index >= 15 is 0 Å². The quantitative estimate of drug-likeness (QED) is 0.0932. The zero-order valence-corrected chi connectivity index (χ0v) is 33.2. The van der Waals surface area contributed by atoms with Crippen molar-refractivity contribution in [1.29, 1.82) is 0 Å². The second kappa shape index (κ2) is 15.4. The van der Waals surface area contributed by atoms with Gasteiger partial charge in [0, 0.05) is 27.5 Å². The summed E-state index contributed by atoms with van der Waals surface area (Å²) >= 11 is 0. The number of nitrogens with zero attached hydrogens (tertiary/aromatic N) is 2. The van der Waals surface area contributed by atoms with Crippen LogP contribution in [0.3, 0.4) is 0 Å². The monoisotopic (exact) mass is 709 g/mol. The molecule has 0 radical (unpaired) electrons. The summed E-state index contributed by atoms with van der Waals surface area (Å²) < 4.78 is 104. The molecule has 0 aromatic heterocycles. The summed E-state index contributed by atoms with van der Waals surface area (Å²) in [4.78, 5) is -2.26. The van der Waals surface area contributed by atoms with Crippen molar-refractivity contribution in [2.24, 2.45) is 10.2 Å². The van der Waals surface area contributed by atoms with Crippen molar-refractivity contribution in [3.8, 4) is 5.75 Å². The second-order valence-electron chi connectivity index (χ2n) is 9.35. The Morgan fingerprint density at radius 2 is 1.26 bits per heavy atom. The number of fused-ring (bicyclic) bond motifs is 2. The smallest absolute Gasteiger partial charge is 0.872 e. The van der Waals surface area contributed by atoms with Crippen LogP contribution >= 0.6 is 0 Å². The number of aryl methyl sites for hydroxylation is 1. The third-order valence-corrected chi connectivity index (χ3v) is 8.89. The van der Waals surface area contributed by atoms with Crippen molar-refractivity contribution in [3.05, 3.63) is 84.4 Å². The molecule has 0 aliphatic rings. The molecule has 2 N–H and O–H groups in total. The van der Waals surface area contributed by atoms with E-state index in [1.807, 2.05) is 19.1 Å². The van der Waals surface area contributed by atoms with Crippen LogP contribution in [0.15, 0.2) is 104 Å². The first kappa shape index (κ1) is 40.7. The Morgan fingerprint density at radius 1 is 0.696 bits per heavy atom. The molecule has 5 rings (SSSR count). The Balaban J connectivity index is 0.00000245. The van der Waals surface area contributed by atoms with Crippen LogP contribution in [-0.4, -0.2) is 38.9 Å². The van der Waals surface area contributed by atoms with Gasteiger partial charge < -0.3 is 19.5 Å². The number of hydrogen-bond donors (Lipinski definition) is 2. The fraction of sp³-hybridized carbons (Fsp3) is 0.0370. The van der Waals surface area contributed by atoms with E-state index in [9.17, 15) is 44.0 Å². The molecule has 222 valence electrons. The molecule has 0 aliphatic carbocycles. The summed E-state index contributed by atoms with van der Waals surface area (Å²) in [6, 6.07) is 16.9. The van der Waals surface area contributed by atoms with Gasteiger partial charge in [0.25, 0.3) is 10.1 Å². The molecule has 5 aromatic rings. The largest absolute Gasteiger partial charge is 1.00 e. The van der Waals surface area contributed by atoms with Gasteiger partial charge in [-0.15, -0.1) is 10.2 Å². The van der Waals surface area contributed by atoms with Crippen molar-refractivity contribution in [3.63, 3.8) is 0 Å². The van der Waals surface area contributed by atoms with Gasteiger partial charge in [-0.2, -0.15) is 8.42 Å². The molecule has 5 aromatic carbocycles. The summed E-state index contributed by atoms with van der Waals surface area (Å²) in [5, 5.41) is 23.5. The van der Waals surface area contributed by atoms with E-state index in [0.717, 1.165) is 23.8 Å². The first-order valence-corrected chi connectivity index (χ1v) is 16.3. The van der Waals surface area contributed by atoms with Gasteiger partial charge in [0.05, 0.1) is 21.2 Å². The molecule has 19 heteroatoms. The predicted molar refractivity (Wildman–Crippen MR) is 152 cm³/mol. The Hall–Kier alpha value is -1.45. The SMILES string of the molecule is Cc1ccc(Nc2ccc(N=Nc3cc(S(=O)(=O)[O-])cc4cc(S(=O)(=O)[O-])cc([O-])c34)c3cccc(S(=O)(=O)O)c23)cc1.[Na+].[Na+].[Na+]. The van der Waals surface area contributed by atoms with E-state index in [0.29, 0.717) is 11.8 Å². The van der Waals surface area contributed by atoms with Gasteiger partial charge in [-0.05, 0) is 60.8 Å². The van der Waals surface area contributed by atoms with Gasteiger partial charge in [-0.3, -0.25) is 4.55 Å². The molecule has 13 nitrogen and oxygen atoms in total. The van der Waals surface area contributed by atoms with Crippen LogP contribution < -0.4 is 99.1 Å². The van der Waals surface area contributed by atoms with E-state index in [1.54, 1.807) is 12.1 Å². The summed E-state index contributed by atoms with van der Waals surface area (Å²) in [6.07, 6.45) is 0. The third kappa shape index (κ3) is 8.96. The normalized spacial score (nSPS) is 11.9. The van der Waals surface area contributed by atoms with Crippen LogP contribution in [0.5, 0.6) is 5.75 Å². The fourth-order valence-electron chi connectivity index (χ4n) is 4.43. The Morgan fingerprint density at radius 3 is 1.83 bits per heavy atom. The summed E-state index contributed by atoms with van der Waals surface area (Å²) in [5.74, 6) is -1.01. The molecule has 0 heterocycles. The number of azo groups is 1. The van der Waals surface area contributed by atoms with Gasteiger partial charge in [0.1, 0.15) is 25.1 Å². The number of rotatable bonds is 7. The Kier molecular flexibility index (Phi) is 13.6. The second-order valence-corrected chi connectivity index (χ2v) is 13.5. The van der Waals surface area contributed by atoms with Gasteiger partial charge in [-0.1, -0.05) is 41.6 Å². The van der Waals surface area contributed by atoms with Crippen molar-refractivity contribution in [1.82, 2.24) is 0 Å². The van der Waals surface area contributed by atoms with Gasteiger partial charge in [0.15, 0.2) is 0 Å². The van der Waals surface area contributed by atoms with Crippen molar-refractivity contribution in [2.45, 2.75) is 21.6 Å². The number of anilines is 2. The number of nitrogens with one attached hydrogen (secondary N) is 1. The topological polar surface area (TPSA) is 229 Å². The summed E-state index contributed by atoms with van der Waals surface area (Å²) in [5.41, 5.74) is 1.45. The van der Waals surface area contributed by atoms with Crippen LogP contribution in [-0.2, 0) is 30.4 Å². The summed E-state index contributed by atoms with van der Waals surface area (Å²) in [6.45, 7) is 1.89. The average Bonchev–Trinajstić information content (AvgIpc) is 2.91. The van der Waals surface area contributed by atoms with Crippen molar-refractivity contribution < 1.29 is 133 Å². The van der Waals surface area contributed by atoms with E-state index in [-0.39, 0.29) is 122 Å². The number of benzene rings is 5. The minimum absolute atomic E-state index is 0. The van der Waals surface area contributed by atoms with Gasteiger partial charge in [0.2, 0.25) is 0 Å². The molecule has 46 heavy (non-hydrogen) atoms. The van der Waals surface area contributed by atoms with Gasteiger partial charge in [-0.25, -0.2) is 16.8 Å². The molecule has 0 atom stereocenters. The van der Waals surface area contributed by atoms with Crippen LogP contribution in [0, 0.1) is 6.92 Å². The maximum absolute atomic E-state index is 12.8. The molecule has 0 unspecified atom stereocenters. The molecule has 0 fully saturated rings. The maximum Gasteiger partial charge on any atom is 1.00 e. The molecule has 0 spiro atoms. The van der Waals surface area contributed by atoms with Crippen LogP contribution in [0.2, 0.25) is 0 Å². The van der Waals surface area contributed by atoms with Crippen molar-refractivity contribution >= 4 is 74.6 Å². The van der Waals surface area contributed by atoms with Crippen LogP contribution in [0.25, 0.3) is 21.5 Å². The molecule has 0 bridgehead atoms. The minimum atomic E-state index is -5.14. The Bertz CT molecular complexity index is 2310. The van der Waals surface area contributed by atoms with Crippen LogP contribution in [0.1, 0.15) is 5.56 Å². The molecule has 0 aliphatic heterocycles. The maximum atomic E-state index is 12.8. The fourth-order valence-corrected chi connectivity index (χ4v) is 6.21. The molecule has 0 amide bonds. The Labute approximate surface area is 330 Å². The average molecular weight is 710 g/mol. The zero-order valence-electron chi connectivity index (χ0n) is 24.7. The molecule has 0 saturated carbocycles. The van der Waals surface area contributed by atoms with Crippen molar-refractivity contribution in [2.75, 3.05) is 5.32 Å². The number of hydrogen-bond acceptors (Lipinski definition) is 12. The third-order valence-electron chi connectivity index (χ3n) is 6.37. The standard InChI is InChI=1S/C27H21N3O10S3.3Na/c1-15-5-7-17(8-6-15)28-22-10-9-21(20-3-2-4-25(27(20)22)43(38,39)40)29-30-23-13-18(41(32,33)34)11-16-12-19(42(35,36)37)14-24(31)26(16)23;;;/h2-14,28,31H,1H3,(H,32,33,34)(H,35,36,37)(H,38,39,40);;;/q;3*+1/p-3. The van der Waals surface area contributed by atoms with E-state index < -0.39 is 56.5 Å². The first-order valence-electron chi connectivity index (χ1n) is 12.0. The predicted octanol–water partition coefficient (Wildman–Crippen LogP) is -4.40. The first-order chi connectivity index (χ1) is 20.0. The van der Waals surface area contributed by atoms with Gasteiger partial charge >= 0.3 is 88.7 Å². The molecular weight excluding hydrogens is 691 g/mol. The minimum Gasteiger partial charge on any atom is -0.872 e. The van der Waals surface area contributed by atoms with E-state index in [1.165, 1.54) is 30.3 Å². The summed E-state index contributed by atoms with van der Waals surface area (Å²) in [7, 11) is -15.0. The van der Waals surface area contributed by atoms with Crippen LogP contribution in [0.4, 0.5) is 22.7 Å². The van der Waals surface area contributed by atoms with E-state index in [2.05, 4.69) is 15.5 Å². The molecular formula is C27H18N3Na3O10S3.